The molecule has 110 valence electrons. The van der Waals surface area contributed by atoms with Gasteiger partial charge in [-0.2, -0.15) is 0 Å². The fraction of sp³-hybridized carbons (Fsp3) is 0.556. The van der Waals surface area contributed by atoms with Crippen LogP contribution in [0.1, 0.15) is 38.8 Å². The molecular formula is C18H28N2. The van der Waals surface area contributed by atoms with Gasteiger partial charge < -0.3 is 5.32 Å². The Morgan fingerprint density at radius 1 is 1.30 bits per heavy atom. The summed E-state index contributed by atoms with van der Waals surface area (Å²) in [5.74, 6) is 0.754. The van der Waals surface area contributed by atoms with Crippen LogP contribution >= 0.6 is 0 Å². The Morgan fingerprint density at radius 3 is 2.70 bits per heavy atom. The first kappa shape index (κ1) is 15.3. The van der Waals surface area contributed by atoms with Crippen molar-refractivity contribution in [2.45, 2.75) is 39.3 Å². The van der Waals surface area contributed by atoms with Gasteiger partial charge in [-0.3, -0.25) is 4.90 Å². The Morgan fingerprint density at radius 2 is 2.05 bits per heavy atom. The van der Waals surface area contributed by atoms with Crippen molar-refractivity contribution < 1.29 is 0 Å². The van der Waals surface area contributed by atoms with Crippen molar-refractivity contribution in [3.8, 4) is 0 Å². The molecule has 2 rings (SSSR count). The van der Waals surface area contributed by atoms with Crippen molar-refractivity contribution in [3.63, 3.8) is 0 Å². The third-order valence-corrected chi connectivity index (χ3v) is 4.01. The quantitative estimate of drug-likeness (QED) is 0.824. The van der Waals surface area contributed by atoms with Gasteiger partial charge in [0.2, 0.25) is 0 Å². The average molecular weight is 272 g/mol. The molecule has 0 bridgehead atoms. The minimum atomic E-state index is 0.496. The standard InChI is InChI=1S/C18H28N2/c1-4-5-11-20-14-17(12-15(2)3)19-13-18(20)16-9-7-6-8-10-16/h4-10,15,17-19H,11-14H2,1-3H3/b5-4+. The fourth-order valence-corrected chi connectivity index (χ4v) is 3.06. The first-order valence-electron chi connectivity index (χ1n) is 7.84. The summed E-state index contributed by atoms with van der Waals surface area (Å²) in [6, 6.07) is 12.0. The molecule has 0 saturated carbocycles. The summed E-state index contributed by atoms with van der Waals surface area (Å²) in [5.41, 5.74) is 1.42. The fourth-order valence-electron chi connectivity index (χ4n) is 3.06. The molecule has 1 aromatic carbocycles. The minimum Gasteiger partial charge on any atom is -0.311 e. The van der Waals surface area contributed by atoms with E-state index in [1.54, 1.807) is 0 Å². The van der Waals surface area contributed by atoms with Crippen LogP contribution in [0.5, 0.6) is 0 Å². The molecule has 0 spiro atoms. The van der Waals surface area contributed by atoms with Gasteiger partial charge in [0.15, 0.2) is 0 Å². The van der Waals surface area contributed by atoms with Gasteiger partial charge in [0.25, 0.3) is 0 Å². The summed E-state index contributed by atoms with van der Waals surface area (Å²) in [4.78, 5) is 2.61. The summed E-state index contributed by atoms with van der Waals surface area (Å²) in [6.07, 6.45) is 5.68. The Labute approximate surface area is 123 Å². The van der Waals surface area contributed by atoms with Crippen LogP contribution < -0.4 is 5.32 Å². The van der Waals surface area contributed by atoms with Crippen LogP contribution in [0.2, 0.25) is 0 Å². The predicted octanol–water partition coefficient (Wildman–Crippen LogP) is 3.62. The Kier molecular flexibility index (Phi) is 5.81. The molecule has 20 heavy (non-hydrogen) atoms. The van der Waals surface area contributed by atoms with Gasteiger partial charge in [-0.1, -0.05) is 56.3 Å². The number of nitrogens with zero attached hydrogens (tertiary/aromatic N) is 1. The normalized spacial score (nSPS) is 24.6. The molecule has 0 aromatic heterocycles. The lowest BCUT2D eigenvalue weighted by Crippen LogP contribution is -2.52. The van der Waals surface area contributed by atoms with E-state index in [-0.39, 0.29) is 0 Å². The van der Waals surface area contributed by atoms with Crippen molar-refractivity contribution in [1.82, 2.24) is 10.2 Å². The number of nitrogens with one attached hydrogen (secondary N) is 1. The van der Waals surface area contributed by atoms with Crippen molar-refractivity contribution in [2.24, 2.45) is 5.92 Å². The number of hydrogen-bond acceptors (Lipinski definition) is 2. The number of allylic oxidation sites excluding steroid dienone is 1. The van der Waals surface area contributed by atoms with Crippen LogP contribution in [0.25, 0.3) is 0 Å². The van der Waals surface area contributed by atoms with Gasteiger partial charge in [0.1, 0.15) is 0 Å². The molecule has 1 saturated heterocycles. The highest BCUT2D eigenvalue weighted by atomic mass is 15.2. The summed E-state index contributed by atoms with van der Waals surface area (Å²) >= 11 is 0. The van der Waals surface area contributed by atoms with Crippen LogP contribution in [0.4, 0.5) is 0 Å². The molecule has 2 atom stereocenters. The van der Waals surface area contributed by atoms with Crippen LogP contribution in [0.3, 0.4) is 0 Å². The van der Waals surface area contributed by atoms with Gasteiger partial charge >= 0.3 is 0 Å². The van der Waals surface area contributed by atoms with Crippen molar-refractivity contribution in [1.29, 1.82) is 0 Å². The van der Waals surface area contributed by atoms with Crippen LogP contribution in [-0.4, -0.2) is 30.6 Å². The van der Waals surface area contributed by atoms with Gasteiger partial charge in [-0.05, 0) is 24.8 Å². The highest BCUT2D eigenvalue weighted by molar-refractivity contribution is 5.20. The van der Waals surface area contributed by atoms with E-state index in [0.29, 0.717) is 12.1 Å². The maximum atomic E-state index is 3.74. The lowest BCUT2D eigenvalue weighted by atomic mass is 9.96. The van der Waals surface area contributed by atoms with Crippen molar-refractivity contribution >= 4 is 0 Å². The largest absolute Gasteiger partial charge is 0.311 e. The lowest BCUT2D eigenvalue weighted by Gasteiger charge is -2.40. The molecule has 0 aliphatic carbocycles. The predicted molar refractivity (Wildman–Crippen MR) is 86.8 cm³/mol. The Balaban J connectivity index is 2.07. The molecule has 1 aliphatic rings. The van der Waals surface area contributed by atoms with Gasteiger partial charge in [-0.15, -0.1) is 0 Å². The molecule has 2 heteroatoms. The maximum Gasteiger partial charge on any atom is 0.0476 e. The highest BCUT2D eigenvalue weighted by Crippen LogP contribution is 2.24. The van der Waals surface area contributed by atoms with E-state index in [4.69, 9.17) is 0 Å². The third-order valence-electron chi connectivity index (χ3n) is 4.01. The molecular weight excluding hydrogens is 244 g/mol. The third kappa shape index (κ3) is 4.19. The minimum absolute atomic E-state index is 0.496. The van der Waals surface area contributed by atoms with E-state index in [2.05, 4.69) is 73.5 Å². The Bertz CT molecular complexity index is 411. The molecule has 1 fully saturated rings. The average Bonchev–Trinajstić information content (AvgIpc) is 2.45. The molecule has 1 N–H and O–H groups in total. The zero-order valence-electron chi connectivity index (χ0n) is 13.0. The molecule has 1 aromatic rings. The highest BCUT2D eigenvalue weighted by Gasteiger charge is 2.28. The van der Waals surface area contributed by atoms with Crippen LogP contribution in [0, 0.1) is 5.92 Å². The van der Waals surface area contributed by atoms with Gasteiger partial charge in [-0.25, -0.2) is 0 Å². The van der Waals surface area contributed by atoms with E-state index >= 15 is 0 Å². The van der Waals surface area contributed by atoms with E-state index in [0.717, 1.165) is 25.6 Å². The number of piperazine rings is 1. The van der Waals surface area contributed by atoms with E-state index in [9.17, 15) is 0 Å². The lowest BCUT2D eigenvalue weighted by molar-refractivity contribution is 0.136. The number of benzene rings is 1. The van der Waals surface area contributed by atoms with Crippen LogP contribution in [0.15, 0.2) is 42.5 Å². The molecule has 1 heterocycles. The van der Waals surface area contributed by atoms with Gasteiger partial charge in [0.05, 0.1) is 0 Å². The summed E-state index contributed by atoms with van der Waals surface area (Å²) < 4.78 is 0. The maximum absolute atomic E-state index is 3.74. The Hall–Kier alpha value is -1.12. The topological polar surface area (TPSA) is 15.3 Å². The molecule has 0 amide bonds. The molecule has 2 unspecified atom stereocenters. The van der Waals surface area contributed by atoms with Gasteiger partial charge in [0, 0.05) is 31.7 Å². The second-order valence-corrected chi connectivity index (χ2v) is 6.18. The summed E-state index contributed by atoms with van der Waals surface area (Å²) in [7, 11) is 0. The first-order chi connectivity index (χ1) is 9.70. The molecule has 0 radical (unpaired) electrons. The number of hydrogen-bond donors (Lipinski definition) is 1. The van der Waals surface area contributed by atoms with Crippen LogP contribution in [-0.2, 0) is 0 Å². The van der Waals surface area contributed by atoms with E-state index < -0.39 is 0 Å². The second kappa shape index (κ2) is 7.61. The van der Waals surface area contributed by atoms with Crippen molar-refractivity contribution in [3.05, 3.63) is 48.0 Å². The summed E-state index contributed by atoms with van der Waals surface area (Å²) in [6.45, 7) is 9.96. The molecule has 2 nitrogen and oxygen atoms in total. The second-order valence-electron chi connectivity index (χ2n) is 6.18. The van der Waals surface area contributed by atoms with E-state index in [1.807, 2.05) is 0 Å². The first-order valence-corrected chi connectivity index (χ1v) is 7.84. The monoisotopic (exact) mass is 272 g/mol. The SMILES string of the molecule is C/C=C/CN1CC(CC(C)C)NCC1c1ccccc1. The number of rotatable bonds is 5. The zero-order valence-corrected chi connectivity index (χ0v) is 13.0. The zero-order chi connectivity index (χ0) is 14.4. The van der Waals surface area contributed by atoms with E-state index in [1.165, 1.54) is 12.0 Å². The smallest absolute Gasteiger partial charge is 0.0476 e. The van der Waals surface area contributed by atoms with Crippen molar-refractivity contribution in [2.75, 3.05) is 19.6 Å². The molecule has 1 aliphatic heterocycles. The summed E-state index contributed by atoms with van der Waals surface area (Å²) in [5, 5.41) is 3.74.